The van der Waals surface area contributed by atoms with Crippen LogP contribution in [0.15, 0.2) is 0 Å². The average Bonchev–Trinajstić information content (AvgIpc) is 2.03. The zero-order valence-electron chi connectivity index (χ0n) is 6.85. The number of nitrogens with two attached hydrogens (primary N) is 2. The molecule has 0 aliphatic carbocycles. The van der Waals surface area contributed by atoms with E-state index in [-0.39, 0.29) is 12.6 Å². The van der Waals surface area contributed by atoms with Crippen LogP contribution in [-0.2, 0) is 0 Å². The van der Waals surface area contributed by atoms with Gasteiger partial charge < -0.3 is 16.8 Å². The molecule has 5 N–H and O–H groups in total. The zero-order chi connectivity index (χ0) is 8.53. The molecule has 1 atom stereocenters. The van der Waals surface area contributed by atoms with Crippen molar-refractivity contribution in [3.63, 3.8) is 0 Å². The van der Waals surface area contributed by atoms with E-state index in [0.717, 1.165) is 13.1 Å². The van der Waals surface area contributed by atoms with Crippen molar-refractivity contribution in [2.24, 2.45) is 17.4 Å². The molecular weight excluding hydrogens is 145 g/mol. The fraction of sp³-hybridized carbons (Fsp3) is 1.00. The Morgan fingerprint density at radius 1 is 1.36 bits per heavy atom. The molecule has 3 nitrogen and oxygen atoms in total. The molecule has 0 aromatic carbocycles. The van der Waals surface area contributed by atoms with Crippen LogP contribution in [0.4, 0.5) is 4.39 Å². The van der Waals surface area contributed by atoms with Crippen molar-refractivity contribution in [3.8, 4) is 0 Å². The first-order valence-electron chi connectivity index (χ1n) is 4.02. The summed E-state index contributed by atoms with van der Waals surface area (Å²) in [5, 5.41) is 3.10. The molecule has 0 rings (SSSR count). The number of hydrogen-bond acceptors (Lipinski definition) is 3. The fourth-order valence-corrected chi connectivity index (χ4v) is 0.866. The summed E-state index contributed by atoms with van der Waals surface area (Å²) in [6.07, 6.45) is 0.550. The minimum atomic E-state index is -0.286. The summed E-state index contributed by atoms with van der Waals surface area (Å²) in [4.78, 5) is 0. The minimum absolute atomic E-state index is 0.256. The Bertz CT molecular complexity index is 80.1. The van der Waals surface area contributed by atoms with E-state index in [1.807, 2.05) is 0 Å². The largest absolute Gasteiger partial charge is 0.330 e. The molecule has 1 unspecified atom stereocenters. The predicted molar refractivity (Wildman–Crippen MR) is 45.1 cm³/mol. The van der Waals surface area contributed by atoms with Gasteiger partial charge in [-0.15, -0.1) is 0 Å². The fourth-order valence-electron chi connectivity index (χ4n) is 0.866. The molecule has 0 amide bonds. The molecule has 0 saturated heterocycles. The minimum Gasteiger partial charge on any atom is -0.330 e. The molecule has 0 fully saturated rings. The molecule has 0 aliphatic rings. The predicted octanol–water partition coefficient (Wildman–Crippen LogP) is -0.531. The lowest BCUT2D eigenvalue weighted by Crippen LogP contribution is -2.31. The molecule has 0 radical (unpaired) electrons. The van der Waals surface area contributed by atoms with Crippen molar-refractivity contribution >= 4 is 0 Å². The van der Waals surface area contributed by atoms with Crippen molar-refractivity contribution < 1.29 is 4.39 Å². The zero-order valence-corrected chi connectivity index (χ0v) is 6.85. The van der Waals surface area contributed by atoms with Gasteiger partial charge in [-0.2, -0.15) is 0 Å². The van der Waals surface area contributed by atoms with Crippen LogP contribution in [0, 0.1) is 5.92 Å². The maximum atomic E-state index is 11.8. The van der Waals surface area contributed by atoms with Crippen molar-refractivity contribution in [3.05, 3.63) is 0 Å². The summed E-state index contributed by atoms with van der Waals surface area (Å²) in [6, 6.07) is 0. The Kier molecular flexibility index (Phi) is 7.78. The summed E-state index contributed by atoms with van der Waals surface area (Å²) in [6.45, 7) is 2.43. The highest BCUT2D eigenvalue weighted by molar-refractivity contribution is 4.62. The monoisotopic (exact) mass is 163 g/mol. The molecule has 0 aliphatic heterocycles. The third kappa shape index (κ3) is 6.22. The smallest absolute Gasteiger partial charge is 0.0898 e. The van der Waals surface area contributed by atoms with Gasteiger partial charge in [-0.1, -0.05) is 0 Å². The number of nitrogens with one attached hydrogen (secondary N) is 1. The second kappa shape index (κ2) is 7.91. The first-order valence-corrected chi connectivity index (χ1v) is 4.02. The lowest BCUT2D eigenvalue weighted by Gasteiger charge is -2.12. The topological polar surface area (TPSA) is 64.1 Å². The normalized spacial score (nSPS) is 13.4. The second-order valence-electron chi connectivity index (χ2n) is 2.57. The molecule has 11 heavy (non-hydrogen) atoms. The van der Waals surface area contributed by atoms with Gasteiger partial charge in [0.2, 0.25) is 0 Å². The van der Waals surface area contributed by atoms with Crippen LogP contribution in [0.1, 0.15) is 6.42 Å². The van der Waals surface area contributed by atoms with E-state index in [2.05, 4.69) is 5.32 Å². The van der Waals surface area contributed by atoms with Gasteiger partial charge in [0.1, 0.15) is 0 Å². The van der Waals surface area contributed by atoms with E-state index in [1.54, 1.807) is 0 Å². The van der Waals surface area contributed by atoms with Crippen LogP contribution in [0.3, 0.4) is 0 Å². The molecule has 0 aromatic rings. The highest BCUT2D eigenvalue weighted by atomic mass is 19.1. The standard InChI is InChI=1S/C7H18FN3/c8-2-1-7(5-10)6-11-4-3-9/h7,11H,1-6,9-10H2. The van der Waals surface area contributed by atoms with Gasteiger partial charge in [-0.25, -0.2) is 0 Å². The lowest BCUT2D eigenvalue weighted by atomic mass is 10.1. The van der Waals surface area contributed by atoms with Crippen LogP contribution >= 0.6 is 0 Å². The van der Waals surface area contributed by atoms with Crippen LogP contribution in [0.25, 0.3) is 0 Å². The summed E-state index contributed by atoms with van der Waals surface area (Å²) in [5.74, 6) is 0.256. The molecule has 68 valence electrons. The Labute approximate surface area is 67.3 Å². The Morgan fingerprint density at radius 2 is 2.09 bits per heavy atom. The highest BCUT2D eigenvalue weighted by Gasteiger charge is 2.04. The quantitative estimate of drug-likeness (QED) is 0.442. The summed E-state index contributed by atoms with van der Waals surface area (Å²) in [5.41, 5.74) is 10.7. The number of halogens is 1. The molecule has 0 saturated carbocycles. The van der Waals surface area contributed by atoms with Gasteiger partial charge in [0, 0.05) is 13.1 Å². The number of alkyl halides is 1. The number of hydrogen-bond donors (Lipinski definition) is 3. The summed E-state index contributed by atoms with van der Waals surface area (Å²) >= 11 is 0. The van der Waals surface area contributed by atoms with E-state index in [0.29, 0.717) is 19.5 Å². The van der Waals surface area contributed by atoms with Gasteiger partial charge in [0.05, 0.1) is 6.67 Å². The van der Waals surface area contributed by atoms with E-state index in [4.69, 9.17) is 11.5 Å². The van der Waals surface area contributed by atoms with E-state index in [9.17, 15) is 4.39 Å². The van der Waals surface area contributed by atoms with E-state index >= 15 is 0 Å². The summed E-state index contributed by atoms with van der Waals surface area (Å²) in [7, 11) is 0. The maximum absolute atomic E-state index is 11.8. The Balaban J connectivity index is 3.20. The SMILES string of the molecule is NCCNCC(CN)CCF. The maximum Gasteiger partial charge on any atom is 0.0898 e. The van der Waals surface area contributed by atoms with Crippen molar-refractivity contribution in [2.45, 2.75) is 6.42 Å². The molecule has 0 aromatic heterocycles. The Hall–Kier alpha value is -0.190. The van der Waals surface area contributed by atoms with Gasteiger partial charge in [0.15, 0.2) is 0 Å². The van der Waals surface area contributed by atoms with Crippen molar-refractivity contribution in [2.75, 3.05) is 32.9 Å². The third-order valence-electron chi connectivity index (χ3n) is 1.60. The molecule has 0 spiro atoms. The van der Waals surface area contributed by atoms with Crippen LogP contribution in [0.5, 0.6) is 0 Å². The van der Waals surface area contributed by atoms with Gasteiger partial charge in [0.25, 0.3) is 0 Å². The van der Waals surface area contributed by atoms with E-state index in [1.165, 1.54) is 0 Å². The molecular formula is C7H18FN3. The molecule has 0 heterocycles. The van der Waals surface area contributed by atoms with Crippen molar-refractivity contribution in [1.82, 2.24) is 5.32 Å². The Morgan fingerprint density at radius 3 is 2.55 bits per heavy atom. The highest BCUT2D eigenvalue weighted by Crippen LogP contribution is 1.98. The average molecular weight is 163 g/mol. The lowest BCUT2D eigenvalue weighted by molar-refractivity contribution is 0.377. The second-order valence-corrected chi connectivity index (χ2v) is 2.57. The number of rotatable bonds is 7. The molecule has 0 bridgehead atoms. The first kappa shape index (κ1) is 10.8. The van der Waals surface area contributed by atoms with Crippen LogP contribution in [0.2, 0.25) is 0 Å². The van der Waals surface area contributed by atoms with Gasteiger partial charge in [-0.3, -0.25) is 4.39 Å². The van der Waals surface area contributed by atoms with Crippen LogP contribution in [-0.4, -0.2) is 32.9 Å². The third-order valence-corrected chi connectivity index (χ3v) is 1.60. The van der Waals surface area contributed by atoms with Crippen molar-refractivity contribution in [1.29, 1.82) is 0 Å². The first-order chi connectivity index (χ1) is 5.35. The summed E-state index contributed by atoms with van der Waals surface area (Å²) < 4.78 is 11.8. The molecule has 4 heteroatoms. The van der Waals surface area contributed by atoms with Gasteiger partial charge >= 0.3 is 0 Å². The van der Waals surface area contributed by atoms with E-state index < -0.39 is 0 Å². The van der Waals surface area contributed by atoms with Gasteiger partial charge in [-0.05, 0) is 25.4 Å². The van der Waals surface area contributed by atoms with Crippen LogP contribution < -0.4 is 16.8 Å².